The van der Waals surface area contributed by atoms with E-state index in [2.05, 4.69) is 32.7 Å². The third kappa shape index (κ3) is 1.59. The minimum Gasteiger partial charge on any atom is -0.349 e. The fraction of sp³-hybridized carbons (Fsp3) is 1.00. The molecule has 0 N–H and O–H groups in total. The first-order valence-electron chi connectivity index (χ1n) is 4.27. The molecule has 0 amide bonds. The van der Waals surface area contributed by atoms with Crippen LogP contribution in [0.3, 0.4) is 0 Å². The van der Waals surface area contributed by atoms with Crippen LogP contribution in [-0.4, -0.2) is 49.4 Å². The Morgan fingerprint density at radius 1 is 1.18 bits per heavy atom. The van der Waals surface area contributed by atoms with Crippen LogP contribution in [-0.2, 0) is 0 Å². The summed E-state index contributed by atoms with van der Waals surface area (Å²) in [6, 6.07) is 1.60. The summed E-state index contributed by atoms with van der Waals surface area (Å²) in [6.45, 7) is 7.58. The first-order valence-corrected chi connectivity index (χ1v) is 4.27. The second-order valence-corrected chi connectivity index (χ2v) is 3.69. The van der Waals surface area contributed by atoms with Crippen LogP contribution >= 0.6 is 0 Å². The number of likely N-dealkylation sites (N-methyl/N-ethyl adjacent to an activating group) is 1. The average molecular weight is 152 g/mol. The van der Waals surface area contributed by atoms with Gasteiger partial charge in [0.05, 0.1) is 0 Å². The Bertz CT molecular complexity index is 126. The number of hydrogen-bond acceptors (Lipinski definition) is 2. The smallest absolute Gasteiger partial charge is 0.183 e. The Hall–Kier alpha value is -0.0151. The highest BCUT2D eigenvalue weighted by atomic mass is 15.3. The molecule has 0 saturated carbocycles. The Morgan fingerprint density at radius 2 is 1.73 bits per heavy atom. The quantitative estimate of drug-likeness (QED) is 0.466. The summed E-state index contributed by atoms with van der Waals surface area (Å²) in [5, 5.41) is 0. The normalized spacial score (nSPS) is 42.7. The number of piperazine rings is 1. The molecular formula is C8H17BN2. The molecule has 3 unspecified atom stereocenters. The molecule has 1 rings (SSSR count). The maximum Gasteiger partial charge on any atom is 0.183 e. The third-order valence-corrected chi connectivity index (χ3v) is 3.03. The number of hydrogen-bond donors (Lipinski definition) is 0. The summed E-state index contributed by atoms with van der Waals surface area (Å²) in [5.41, 5.74) is 0. The molecule has 1 aliphatic heterocycles. The van der Waals surface area contributed by atoms with Crippen molar-refractivity contribution >= 4 is 7.98 Å². The van der Waals surface area contributed by atoms with Crippen LogP contribution in [0.5, 0.6) is 0 Å². The molecule has 1 heterocycles. The molecule has 1 saturated heterocycles. The molecule has 3 heteroatoms. The van der Waals surface area contributed by atoms with Crippen LogP contribution in [0.15, 0.2) is 0 Å². The van der Waals surface area contributed by atoms with E-state index in [0.717, 1.165) is 6.54 Å². The molecule has 2 nitrogen and oxygen atoms in total. The van der Waals surface area contributed by atoms with E-state index in [1.807, 2.05) is 4.81 Å². The minimum absolute atomic E-state index is 0.469. The maximum atomic E-state index is 5.83. The SMILES string of the molecule is [B]N1CC(C)N(C)C(C)C1C. The zero-order valence-electron chi connectivity index (χ0n) is 7.91. The van der Waals surface area contributed by atoms with Crippen molar-refractivity contribution in [3.8, 4) is 0 Å². The monoisotopic (exact) mass is 152 g/mol. The lowest BCUT2D eigenvalue weighted by Gasteiger charge is -2.46. The topological polar surface area (TPSA) is 6.48 Å². The highest BCUT2D eigenvalue weighted by Gasteiger charge is 2.29. The van der Waals surface area contributed by atoms with E-state index in [1.165, 1.54) is 0 Å². The van der Waals surface area contributed by atoms with Gasteiger partial charge >= 0.3 is 0 Å². The zero-order chi connectivity index (χ0) is 8.59. The summed E-state index contributed by atoms with van der Waals surface area (Å²) >= 11 is 0. The summed E-state index contributed by atoms with van der Waals surface area (Å²) in [4.78, 5) is 4.32. The summed E-state index contributed by atoms with van der Waals surface area (Å²) in [5.74, 6) is 0. The Morgan fingerprint density at radius 3 is 2.27 bits per heavy atom. The fourth-order valence-corrected chi connectivity index (χ4v) is 1.62. The van der Waals surface area contributed by atoms with Crippen LogP contribution in [0.4, 0.5) is 0 Å². The van der Waals surface area contributed by atoms with Crippen molar-refractivity contribution in [3.63, 3.8) is 0 Å². The van der Waals surface area contributed by atoms with Gasteiger partial charge in [-0.15, -0.1) is 0 Å². The summed E-state index contributed by atoms with van der Waals surface area (Å²) < 4.78 is 0. The maximum absolute atomic E-state index is 5.83. The Labute approximate surface area is 71.0 Å². The van der Waals surface area contributed by atoms with Crippen molar-refractivity contribution in [2.45, 2.75) is 38.9 Å². The van der Waals surface area contributed by atoms with Crippen molar-refractivity contribution in [2.75, 3.05) is 13.6 Å². The standard InChI is InChI=1S/C8H17BN2/c1-6-5-11(9)8(3)7(2)10(6)4/h6-8H,5H2,1-4H3. The van der Waals surface area contributed by atoms with Crippen molar-refractivity contribution in [3.05, 3.63) is 0 Å². The van der Waals surface area contributed by atoms with Crippen molar-refractivity contribution in [1.29, 1.82) is 0 Å². The van der Waals surface area contributed by atoms with Crippen LogP contribution in [0.25, 0.3) is 0 Å². The van der Waals surface area contributed by atoms with Crippen LogP contribution in [0, 0.1) is 0 Å². The lowest BCUT2D eigenvalue weighted by atomic mass is 9.98. The molecule has 2 radical (unpaired) electrons. The highest BCUT2D eigenvalue weighted by Crippen LogP contribution is 2.17. The molecule has 62 valence electrons. The highest BCUT2D eigenvalue weighted by molar-refractivity contribution is 6.04. The number of rotatable bonds is 0. The molecule has 11 heavy (non-hydrogen) atoms. The fourth-order valence-electron chi connectivity index (χ4n) is 1.62. The first-order chi connectivity index (χ1) is 5.04. The van der Waals surface area contributed by atoms with Gasteiger partial charge in [-0.3, -0.25) is 4.90 Å². The van der Waals surface area contributed by atoms with Crippen molar-refractivity contribution < 1.29 is 0 Å². The van der Waals surface area contributed by atoms with Gasteiger partial charge in [0.1, 0.15) is 0 Å². The van der Waals surface area contributed by atoms with Gasteiger partial charge in [-0.05, 0) is 27.8 Å². The van der Waals surface area contributed by atoms with E-state index in [4.69, 9.17) is 7.98 Å². The molecule has 0 aromatic heterocycles. The Balaban J connectivity index is 2.63. The van der Waals surface area contributed by atoms with E-state index >= 15 is 0 Å². The second kappa shape index (κ2) is 3.15. The third-order valence-electron chi connectivity index (χ3n) is 3.03. The predicted octanol–water partition coefficient (Wildman–Crippen LogP) is 0.483. The summed E-state index contributed by atoms with van der Waals surface area (Å²) in [6.07, 6.45) is 0. The van der Waals surface area contributed by atoms with Crippen LogP contribution in [0.2, 0.25) is 0 Å². The van der Waals surface area contributed by atoms with Gasteiger partial charge in [0.2, 0.25) is 0 Å². The van der Waals surface area contributed by atoms with E-state index in [0.29, 0.717) is 18.1 Å². The Kier molecular flexibility index (Phi) is 2.60. The van der Waals surface area contributed by atoms with Gasteiger partial charge in [-0.2, -0.15) is 0 Å². The molecule has 0 aromatic rings. The zero-order valence-corrected chi connectivity index (χ0v) is 7.91. The van der Waals surface area contributed by atoms with E-state index < -0.39 is 0 Å². The van der Waals surface area contributed by atoms with Gasteiger partial charge in [0.25, 0.3) is 0 Å². The van der Waals surface area contributed by atoms with Gasteiger partial charge < -0.3 is 4.81 Å². The first kappa shape index (κ1) is 9.08. The van der Waals surface area contributed by atoms with Crippen molar-refractivity contribution in [1.82, 2.24) is 9.71 Å². The molecule has 0 aliphatic carbocycles. The van der Waals surface area contributed by atoms with E-state index in [1.54, 1.807) is 0 Å². The second-order valence-electron chi connectivity index (χ2n) is 3.69. The predicted molar refractivity (Wildman–Crippen MR) is 48.6 cm³/mol. The van der Waals surface area contributed by atoms with Gasteiger partial charge in [0, 0.05) is 24.7 Å². The molecule has 1 fully saturated rings. The van der Waals surface area contributed by atoms with Gasteiger partial charge in [0.15, 0.2) is 7.98 Å². The van der Waals surface area contributed by atoms with E-state index in [9.17, 15) is 0 Å². The van der Waals surface area contributed by atoms with Crippen LogP contribution in [0.1, 0.15) is 20.8 Å². The van der Waals surface area contributed by atoms with Crippen molar-refractivity contribution in [2.24, 2.45) is 0 Å². The van der Waals surface area contributed by atoms with Crippen LogP contribution < -0.4 is 0 Å². The minimum atomic E-state index is 0.469. The average Bonchev–Trinajstić information content (AvgIpc) is 1.97. The lowest BCUT2D eigenvalue weighted by molar-refractivity contribution is 0.0647. The van der Waals surface area contributed by atoms with Gasteiger partial charge in [-0.25, -0.2) is 0 Å². The van der Waals surface area contributed by atoms with E-state index in [-0.39, 0.29) is 0 Å². The number of nitrogens with zero attached hydrogens (tertiary/aromatic N) is 2. The largest absolute Gasteiger partial charge is 0.349 e. The molecule has 0 spiro atoms. The lowest BCUT2D eigenvalue weighted by Crippen LogP contribution is -2.58. The molecule has 3 atom stereocenters. The molecule has 0 bridgehead atoms. The van der Waals surface area contributed by atoms with Gasteiger partial charge in [-0.1, -0.05) is 0 Å². The molecule has 1 aliphatic rings. The molecular weight excluding hydrogens is 135 g/mol. The summed E-state index contributed by atoms with van der Waals surface area (Å²) in [7, 11) is 7.99. The molecule has 0 aromatic carbocycles.